The molecule has 1 aromatic rings. The first kappa shape index (κ1) is 11.6. The van der Waals surface area contributed by atoms with Crippen molar-refractivity contribution in [1.29, 1.82) is 0 Å². The zero-order valence-electron chi connectivity index (χ0n) is 6.58. The van der Waals surface area contributed by atoms with Gasteiger partial charge in [-0.05, 0) is 23.7 Å². The van der Waals surface area contributed by atoms with E-state index in [4.69, 9.17) is 23.2 Å². The average Bonchev–Trinajstić information content (AvgIpc) is 2.01. The fourth-order valence-electron chi connectivity index (χ4n) is 0.897. The molecule has 0 aliphatic heterocycles. The molecule has 0 unspecified atom stereocenters. The van der Waals surface area contributed by atoms with Gasteiger partial charge in [-0.3, -0.25) is 0 Å². The molecular formula is C8H4Cl2F4. The minimum Gasteiger partial charge on any atom is -0.205 e. The number of hydrogen-bond donors (Lipinski definition) is 0. The van der Waals surface area contributed by atoms with Crippen molar-refractivity contribution in [3.8, 4) is 0 Å². The van der Waals surface area contributed by atoms with Crippen LogP contribution in [0.25, 0.3) is 0 Å². The summed E-state index contributed by atoms with van der Waals surface area (Å²) in [7, 11) is 0. The summed E-state index contributed by atoms with van der Waals surface area (Å²) < 4.78 is 49.3. The van der Waals surface area contributed by atoms with Crippen molar-refractivity contribution in [3.05, 3.63) is 34.3 Å². The molecular weight excluding hydrogens is 243 g/mol. The van der Waals surface area contributed by atoms with Crippen LogP contribution in [0.5, 0.6) is 0 Å². The molecule has 1 aromatic carbocycles. The van der Waals surface area contributed by atoms with E-state index < -0.39 is 28.0 Å². The van der Waals surface area contributed by atoms with Crippen molar-refractivity contribution in [2.24, 2.45) is 0 Å². The summed E-state index contributed by atoms with van der Waals surface area (Å²) in [4.78, 5) is 0. The van der Waals surface area contributed by atoms with Gasteiger partial charge in [-0.1, -0.05) is 17.7 Å². The second-order valence-corrected chi connectivity index (χ2v) is 3.42. The molecule has 0 radical (unpaired) electrons. The zero-order chi connectivity index (χ0) is 10.9. The molecule has 0 atom stereocenters. The Hall–Kier alpha value is -0.480. The van der Waals surface area contributed by atoms with E-state index in [0.29, 0.717) is 0 Å². The number of hydrogen-bond acceptors (Lipinski definition) is 0. The van der Waals surface area contributed by atoms with E-state index in [1.54, 1.807) is 0 Å². The predicted molar refractivity (Wildman–Crippen MR) is 46.2 cm³/mol. The molecule has 6 heteroatoms. The fourth-order valence-corrected chi connectivity index (χ4v) is 1.42. The summed E-state index contributed by atoms with van der Waals surface area (Å²) >= 11 is 10.1. The standard InChI is InChI=1S/C8H4Cl2F4/c9-6-3-4(7(11)12)1-2-5(6)8(10,13)14/h1-3,7H. The van der Waals surface area contributed by atoms with Crippen LogP contribution in [0, 0.1) is 0 Å². The topological polar surface area (TPSA) is 0 Å². The number of rotatable bonds is 2. The molecule has 0 bridgehead atoms. The highest BCUT2D eigenvalue weighted by molar-refractivity contribution is 6.33. The first-order valence-corrected chi connectivity index (χ1v) is 4.23. The third-order valence-electron chi connectivity index (χ3n) is 1.55. The summed E-state index contributed by atoms with van der Waals surface area (Å²) in [5.74, 6) is 0. The van der Waals surface area contributed by atoms with Gasteiger partial charge in [0.25, 0.3) is 6.43 Å². The molecule has 1 rings (SSSR count). The van der Waals surface area contributed by atoms with Gasteiger partial charge in [0.2, 0.25) is 0 Å². The Morgan fingerprint density at radius 3 is 2.14 bits per heavy atom. The Kier molecular flexibility index (Phi) is 3.27. The molecule has 0 aliphatic rings. The van der Waals surface area contributed by atoms with Crippen LogP contribution in [0.15, 0.2) is 18.2 Å². The van der Waals surface area contributed by atoms with E-state index in [-0.39, 0.29) is 0 Å². The highest BCUT2D eigenvalue weighted by Gasteiger charge is 2.30. The zero-order valence-corrected chi connectivity index (χ0v) is 8.09. The van der Waals surface area contributed by atoms with Gasteiger partial charge in [0.15, 0.2) is 0 Å². The summed E-state index contributed by atoms with van der Waals surface area (Å²) in [6, 6.07) is 2.43. The Bertz CT molecular complexity index is 333. The molecule has 0 N–H and O–H groups in total. The Morgan fingerprint density at radius 2 is 1.79 bits per heavy atom. The van der Waals surface area contributed by atoms with Crippen molar-refractivity contribution in [2.75, 3.05) is 0 Å². The maximum atomic E-state index is 12.5. The SMILES string of the molecule is FC(F)c1ccc(C(F)(F)Cl)c(Cl)c1. The van der Waals surface area contributed by atoms with Crippen molar-refractivity contribution in [2.45, 2.75) is 11.8 Å². The van der Waals surface area contributed by atoms with E-state index in [1.165, 1.54) is 0 Å². The second-order valence-electron chi connectivity index (χ2n) is 2.54. The van der Waals surface area contributed by atoms with Gasteiger partial charge in [0.1, 0.15) is 0 Å². The summed E-state index contributed by atoms with van der Waals surface area (Å²) in [6.07, 6.45) is -2.74. The van der Waals surface area contributed by atoms with E-state index in [0.717, 1.165) is 18.2 Å². The normalized spacial score (nSPS) is 12.2. The second kappa shape index (κ2) is 3.95. The Balaban J connectivity index is 3.15. The van der Waals surface area contributed by atoms with E-state index in [1.807, 2.05) is 0 Å². The third kappa shape index (κ3) is 2.51. The predicted octanol–water partition coefficient (Wildman–Crippen LogP) is 4.57. The van der Waals surface area contributed by atoms with Gasteiger partial charge < -0.3 is 0 Å². The van der Waals surface area contributed by atoms with Gasteiger partial charge in [0, 0.05) is 5.56 Å². The maximum absolute atomic E-state index is 12.5. The van der Waals surface area contributed by atoms with Crippen LogP contribution in [0.1, 0.15) is 17.6 Å². The third-order valence-corrected chi connectivity index (χ3v) is 2.07. The lowest BCUT2D eigenvalue weighted by Crippen LogP contribution is -2.04. The van der Waals surface area contributed by atoms with Crippen LogP contribution in [0.3, 0.4) is 0 Å². The largest absolute Gasteiger partial charge is 0.349 e. The fraction of sp³-hybridized carbons (Fsp3) is 0.250. The highest BCUT2D eigenvalue weighted by atomic mass is 35.5. The monoisotopic (exact) mass is 246 g/mol. The van der Waals surface area contributed by atoms with Gasteiger partial charge >= 0.3 is 5.38 Å². The smallest absolute Gasteiger partial charge is 0.205 e. The van der Waals surface area contributed by atoms with Crippen LogP contribution >= 0.6 is 23.2 Å². The van der Waals surface area contributed by atoms with Gasteiger partial charge in [-0.2, -0.15) is 8.78 Å². The van der Waals surface area contributed by atoms with Crippen molar-refractivity contribution < 1.29 is 17.6 Å². The number of halogens is 6. The van der Waals surface area contributed by atoms with Gasteiger partial charge in [-0.25, -0.2) is 8.78 Å². The first-order chi connectivity index (χ1) is 6.32. The maximum Gasteiger partial charge on any atom is 0.349 e. The Morgan fingerprint density at radius 1 is 1.21 bits per heavy atom. The lowest BCUT2D eigenvalue weighted by atomic mass is 10.1. The number of benzene rings is 1. The molecule has 0 fully saturated rings. The van der Waals surface area contributed by atoms with Crippen LogP contribution in [0.2, 0.25) is 5.02 Å². The molecule has 0 nitrogen and oxygen atoms in total. The number of alkyl halides is 5. The molecule has 0 saturated carbocycles. The first-order valence-electron chi connectivity index (χ1n) is 3.47. The van der Waals surface area contributed by atoms with Crippen LogP contribution < -0.4 is 0 Å². The summed E-state index contributed by atoms with van der Waals surface area (Å²) in [6.45, 7) is 0. The van der Waals surface area contributed by atoms with Crippen molar-refractivity contribution in [3.63, 3.8) is 0 Å². The molecule has 14 heavy (non-hydrogen) atoms. The highest BCUT2D eigenvalue weighted by Crippen LogP contribution is 2.38. The van der Waals surface area contributed by atoms with Crippen LogP contribution in [0.4, 0.5) is 17.6 Å². The Labute approximate surface area is 87.4 Å². The van der Waals surface area contributed by atoms with E-state index in [9.17, 15) is 17.6 Å². The van der Waals surface area contributed by atoms with E-state index in [2.05, 4.69) is 0 Å². The summed E-state index contributed by atoms with van der Waals surface area (Å²) in [5, 5.41) is -4.11. The lowest BCUT2D eigenvalue weighted by molar-refractivity contribution is 0.0949. The minimum atomic E-state index is -3.64. The van der Waals surface area contributed by atoms with Crippen molar-refractivity contribution in [1.82, 2.24) is 0 Å². The molecule has 0 heterocycles. The average molecular weight is 247 g/mol. The van der Waals surface area contributed by atoms with Gasteiger partial charge in [-0.15, -0.1) is 0 Å². The quantitative estimate of drug-likeness (QED) is 0.530. The molecule has 0 aromatic heterocycles. The van der Waals surface area contributed by atoms with E-state index >= 15 is 0 Å². The van der Waals surface area contributed by atoms with Crippen molar-refractivity contribution >= 4 is 23.2 Å². The lowest BCUT2D eigenvalue weighted by Gasteiger charge is -2.11. The minimum absolute atomic E-state index is 0.417. The molecule has 78 valence electrons. The molecule has 0 saturated heterocycles. The molecule has 0 amide bonds. The molecule has 0 aliphatic carbocycles. The van der Waals surface area contributed by atoms with Crippen LogP contribution in [-0.4, -0.2) is 0 Å². The van der Waals surface area contributed by atoms with Gasteiger partial charge in [0.05, 0.1) is 10.6 Å². The summed E-state index contributed by atoms with van der Waals surface area (Å²) in [5.41, 5.74) is -1.09. The van der Waals surface area contributed by atoms with Crippen LogP contribution in [-0.2, 0) is 5.38 Å². The molecule has 0 spiro atoms.